The zero-order chi connectivity index (χ0) is 31.6. The number of carbonyl (C=O) groups excluding carboxylic acids is 1. The van der Waals surface area contributed by atoms with Crippen LogP contribution in [0.1, 0.15) is 168 Å². The molecule has 44 heavy (non-hydrogen) atoms. The molecule has 3 N–H and O–H groups in total. The van der Waals surface area contributed by atoms with Gasteiger partial charge in [0.25, 0.3) is 0 Å². The highest BCUT2D eigenvalue weighted by molar-refractivity contribution is 5.90. The SMILES string of the molecule is CCCCCCCCCCC[C@H](O)CC[C@H](O)[C@H]1CC[C@H]([C@H]2CC[C@H]([C@H](O)CCCCCCCCC3=C[C@H](C)OC3=O)O2)O1. The third kappa shape index (κ3) is 14.2. The quantitative estimate of drug-likeness (QED) is 0.0703. The van der Waals surface area contributed by atoms with Gasteiger partial charge in [0.1, 0.15) is 6.10 Å². The van der Waals surface area contributed by atoms with Gasteiger partial charge in [-0.2, -0.15) is 0 Å². The highest BCUT2D eigenvalue weighted by Crippen LogP contribution is 2.34. The van der Waals surface area contributed by atoms with E-state index >= 15 is 0 Å². The van der Waals surface area contributed by atoms with Gasteiger partial charge in [-0.25, -0.2) is 4.79 Å². The smallest absolute Gasteiger partial charge is 0.334 e. The van der Waals surface area contributed by atoms with Crippen molar-refractivity contribution in [1.82, 2.24) is 0 Å². The summed E-state index contributed by atoms with van der Waals surface area (Å²) in [6, 6.07) is 0. The molecule has 8 atom stereocenters. The van der Waals surface area contributed by atoms with Crippen LogP contribution in [0, 0.1) is 0 Å². The molecule has 0 amide bonds. The van der Waals surface area contributed by atoms with E-state index in [9.17, 15) is 20.1 Å². The molecule has 0 aromatic heterocycles. The van der Waals surface area contributed by atoms with Gasteiger partial charge in [-0.15, -0.1) is 0 Å². The summed E-state index contributed by atoms with van der Waals surface area (Å²) in [6.45, 7) is 4.15. The minimum atomic E-state index is -0.541. The van der Waals surface area contributed by atoms with E-state index < -0.39 is 12.2 Å². The zero-order valence-corrected chi connectivity index (χ0v) is 28.1. The van der Waals surface area contributed by atoms with Gasteiger partial charge in [-0.1, -0.05) is 96.8 Å². The Bertz CT molecular complexity index is 801. The standard InChI is InChI=1S/C37H66O7/c1-3-4-5-6-7-8-9-13-16-19-30(38)21-22-32(40)34-24-26-36(44-34)35-25-23-33(43-35)31(39)20-17-14-11-10-12-15-18-29-27-28(2)42-37(29)41/h27-28,30-36,38-40H,3-26H2,1-2H3/t28-,30-,31+,32-,33+,34+,35+,36+/m0/s1. The largest absolute Gasteiger partial charge is 0.455 e. The number of hydrogen-bond acceptors (Lipinski definition) is 7. The molecule has 3 rings (SSSR count). The Kier molecular flexibility index (Phi) is 18.5. The number of carbonyl (C=O) groups is 1. The molecule has 0 saturated carbocycles. The van der Waals surface area contributed by atoms with Gasteiger partial charge in [0, 0.05) is 5.57 Å². The second-order valence-corrected chi connectivity index (χ2v) is 14.0. The fourth-order valence-electron chi connectivity index (χ4n) is 7.25. The maximum absolute atomic E-state index is 11.7. The van der Waals surface area contributed by atoms with Crippen LogP contribution in [0.3, 0.4) is 0 Å². The minimum absolute atomic E-state index is 0.000614. The summed E-state index contributed by atoms with van der Waals surface area (Å²) in [6.07, 6.45) is 25.4. The van der Waals surface area contributed by atoms with Crippen molar-refractivity contribution in [1.29, 1.82) is 0 Å². The van der Waals surface area contributed by atoms with E-state index in [1.165, 1.54) is 51.4 Å². The molecule has 3 heterocycles. The summed E-state index contributed by atoms with van der Waals surface area (Å²) >= 11 is 0. The van der Waals surface area contributed by atoms with Crippen LogP contribution >= 0.6 is 0 Å². The highest BCUT2D eigenvalue weighted by atomic mass is 16.6. The lowest BCUT2D eigenvalue weighted by Crippen LogP contribution is -2.33. The normalized spacial score (nSPS) is 27.4. The second-order valence-electron chi connectivity index (χ2n) is 14.0. The van der Waals surface area contributed by atoms with E-state index in [0.717, 1.165) is 95.5 Å². The van der Waals surface area contributed by atoms with Crippen LogP contribution in [0.15, 0.2) is 11.6 Å². The van der Waals surface area contributed by atoms with Crippen LogP contribution in [-0.2, 0) is 19.0 Å². The molecule has 0 bridgehead atoms. The molecule has 0 spiro atoms. The van der Waals surface area contributed by atoms with Gasteiger partial charge in [0.05, 0.1) is 42.7 Å². The number of aliphatic hydroxyl groups excluding tert-OH is 3. The number of hydrogen-bond donors (Lipinski definition) is 3. The fraction of sp³-hybridized carbons (Fsp3) is 0.919. The van der Waals surface area contributed by atoms with Crippen molar-refractivity contribution in [2.45, 2.75) is 217 Å². The molecule has 0 aliphatic carbocycles. The minimum Gasteiger partial charge on any atom is -0.455 e. The molecule has 0 radical (unpaired) electrons. The Balaban J connectivity index is 1.16. The van der Waals surface area contributed by atoms with Crippen molar-refractivity contribution in [3.63, 3.8) is 0 Å². The third-order valence-corrected chi connectivity index (χ3v) is 10.1. The summed E-state index contributed by atoms with van der Waals surface area (Å²) in [7, 11) is 0. The maximum atomic E-state index is 11.7. The predicted molar refractivity (Wildman–Crippen MR) is 175 cm³/mol. The van der Waals surface area contributed by atoms with E-state index in [4.69, 9.17) is 14.2 Å². The lowest BCUT2D eigenvalue weighted by atomic mass is 9.99. The van der Waals surface area contributed by atoms with Gasteiger partial charge < -0.3 is 29.5 Å². The number of unbranched alkanes of at least 4 members (excludes halogenated alkanes) is 13. The molecule has 256 valence electrons. The average molecular weight is 623 g/mol. The zero-order valence-electron chi connectivity index (χ0n) is 28.1. The van der Waals surface area contributed by atoms with Gasteiger partial charge in [-0.3, -0.25) is 0 Å². The molecule has 0 aromatic carbocycles. The predicted octanol–water partition coefficient (Wildman–Crippen LogP) is 7.86. The lowest BCUT2D eigenvalue weighted by molar-refractivity contribution is -0.139. The molecule has 2 fully saturated rings. The molecule has 0 aromatic rings. The monoisotopic (exact) mass is 622 g/mol. The van der Waals surface area contributed by atoms with Crippen molar-refractivity contribution < 1.29 is 34.3 Å². The van der Waals surface area contributed by atoms with Crippen LogP contribution in [0.5, 0.6) is 0 Å². The van der Waals surface area contributed by atoms with Crippen molar-refractivity contribution in [3.8, 4) is 0 Å². The van der Waals surface area contributed by atoms with Crippen LogP contribution in [0.25, 0.3) is 0 Å². The summed E-state index contributed by atoms with van der Waals surface area (Å²) in [4.78, 5) is 11.7. The summed E-state index contributed by atoms with van der Waals surface area (Å²) < 4.78 is 17.7. The van der Waals surface area contributed by atoms with Gasteiger partial charge in [0.15, 0.2) is 0 Å². The van der Waals surface area contributed by atoms with E-state index in [2.05, 4.69) is 6.92 Å². The van der Waals surface area contributed by atoms with Crippen molar-refractivity contribution in [3.05, 3.63) is 11.6 Å². The van der Waals surface area contributed by atoms with Crippen LogP contribution in [0.4, 0.5) is 0 Å². The number of cyclic esters (lactones) is 1. The first-order valence-corrected chi connectivity index (χ1v) is 18.6. The number of aliphatic hydroxyl groups is 3. The summed E-state index contributed by atoms with van der Waals surface area (Å²) in [5.41, 5.74) is 0.833. The second kappa shape index (κ2) is 21.7. The maximum Gasteiger partial charge on any atom is 0.334 e. The van der Waals surface area contributed by atoms with E-state index in [1.807, 2.05) is 13.0 Å². The fourth-order valence-corrected chi connectivity index (χ4v) is 7.25. The van der Waals surface area contributed by atoms with Crippen molar-refractivity contribution in [2.75, 3.05) is 0 Å². The molecule has 3 aliphatic heterocycles. The average Bonchev–Trinajstić information content (AvgIpc) is 3.76. The first-order valence-electron chi connectivity index (χ1n) is 18.6. The molecular formula is C37H66O7. The Morgan fingerprint density at radius 2 is 1.16 bits per heavy atom. The van der Waals surface area contributed by atoms with E-state index in [-0.39, 0.29) is 42.6 Å². The Morgan fingerprint density at radius 1 is 0.659 bits per heavy atom. The topological polar surface area (TPSA) is 105 Å². The van der Waals surface area contributed by atoms with Gasteiger partial charge in [0.2, 0.25) is 0 Å². The number of rotatable bonds is 25. The van der Waals surface area contributed by atoms with Crippen LogP contribution < -0.4 is 0 Å². The first-order chi connectivity index (χ1) is 21.4. The summed E-state index contributed by atoms with van der Waals surface area (Å²) in [5, 5.41) is 31.9. The molecule has 7 heteroatoms. The van der Waals surface area contributed by atoms with Crippen LogP contribution in [-0.4, -0.2) is 70.1 Å². The highest BCUT2D eigenvalue weighted by Gasteiger charge is 2.40. The molecule has 3 aliphatic rings. The molecular weight excluding hydrogens is 556 g/mol. The van der Waals surface area contributed by atoms with Crippen molar-refractivity contribution >= 4 is 5.97 Å². The Morgan fingerprint density at radius 3 is 1.70 bits per heavy atom. The van der Waals surface area contributed by atoms with E-state index in [1.54, 1.807) is 0 Å². The van der Waals surface area contributed by atoms with Crippen LogP contribution in [0.2, 0.25) is 0 Å². The van der Waals surface area contributed by atoms with Gasteiger partial charge in [-0.05, 0) is 77.2 Å². The number of esters is 1. The third-order valence-electron chi connectivity index (χ3n) is 10.1. The Hall–Kier alpha value is -0.990. The molecule has 7 nitrogen and oxygen atoms in total. The molecule has 0 unspecified atom stereocenters. The van der Waals surface area contributed by atoms with E-state index in [0.29, 0.717) is 12.8 Å². The van der Waals surface area contributed by atoms with Gasteiger partial charge >= 0.3 is 5.97 Å². The molecule has 2 saturated heterocycles. The lowest BCUT2D eigenvalue weighted by Gasteiger charge is -2.24. The Labute approximate surface area is 268 Å². The number of ether oxygens (including phenoxy) is 3. The first kappa shape index (κ1) is 37.5. The summed E-state index contributed by atoms with van der Waals surface area (Å²) in [5.74, 6) is -0.148. The van der Waals surface area contributed by atoms with Crippen molar-refractivity contribution in [2.24, 2.45) is 0 Å².